The molecule has 0 bridgehead atoms. The maximum Gasteiger partial charge on any atom is 0.253 e. The Balaban J connectivity index is 1.64. The van der Waals surface area contributed by atoms with E-state index in [-0.39, 0.29) is 25.0 Å². The van der Waals surface area contributed by atoms with Gasteiger partial charge in [0.1, 0.15) is 0 Å². The van der Waals surface area contributed by atoms with Gasteiger partial charge in [0.25, 0.3) is 11.8 Å². The molecule has 1 aliphatic heterocycles. The molecule has 1 rings (SSSR count). The Morgan fingerprint density at radius 3 is 1.03 bits per heavy atom. The van der Waals surface area contributed by atoms with Gasteiger partial charge in [-0.15, -0.1) is 0 Å². The van der Waals surface area contributed by atoms with Crippen LogP contribution in [0.15, 0.2) is 12.2 Å². The predicted octanol–water partition coefficient (Wildman–Crippen LogP) is -0.720. The molecule has 0 aromatic carbocycles. The molecule has 0 aromatic rings. The fourth-order valence-corrected chi connectivity index (χ4v) is 2.84. The van der Waals surface area contributed by atoms with E-state index in [1.54, 1.807) is 0 Å². The van der Waals surface area contributed by atoms with Crippen molar-refractivity contribution in [2.24, 2.45) is 0 Å². The van der Waals surface area contributed by atoms with Crippen LogP contribution in [0.5, 0.6) is 0 Å². The predicted molar refractivity (Wildman–Crippen MR) is 137 cm³/mol. The maximum absolute atomic E-state index is 11.4. The van der Waals surface area contributed by atoms with Crippen molar-refractivity contribution >= 4 is 11.8 Å². The minimum atomic E-state index is -0.303. The summed E-state index contributed by atoms with van der Waals surface area (Å²) in [5, 5.41) is 3.01. The molecule has 0 fully saturated rings. The van der Waals surface area contributed by atoms with Gasteiger partial charge in [-0.1, -0.05) is 0 Å². The highest BCUT2D eigenvalue weighted by Gasteiger charge is 2.22. The molecule has 0 saturated carbocycles. The summed E-state index contributed by atoms with van der Waals surface area (Å²) in [6, 6.07) is 0. The van der Waals surface area contributed by atoms with E-state index in [2.05, 4.69) is 5.32 Å². The fourth-order valence-electron chi connectivity index (χ4n) is 2.84. The highest BCUT2D eigenvalue weighted by Crippen LogP contribution is 2.02. The van der Waals surface area contributed by atoms with Crippen LogP contribution in [-0.4, -0.2) is 156 Å². The summed E-state index contributed by atoms with van der Waals surface area (Å²) >= 11 is 0. The van der Waals surface area contributed by atoms with Crippen LogP contribution in [-0.2, 0) is 52.2 Å². The van der Waals surface area contributed by atoms with Crippen LogP contribution in [0.4, 0.5) is 0 Å². The second-order valence-corrected chi connectivity index (χ2v) is 7.78. The SMILES string of the molecule is CNCCOCCOCCOCCOCCOCCOCCOCCOCCOCCN1C(=O)C=CC1=O. The smallest absolute Gasteiger partial charge is 0.253 e. The Labute approximate surface area is 225 Å². The van der Waals surface area contributed by atoms with E-state index in [9.17, 15) is 9.59 Å². The van der Waals surface area contributed by atoms with Gasteiger partial charge in [0.05, 0.1) is 125 Å². The number of likely N-dealkylation sites (N-methyl/N-ethyl adjacent to an activating group) is 1. The summed E-state index contributed by atoms with van der Waals surface area (Å²) in [5.74, 6) is -0.607. The molecular formula is C25H46N2O11. The summed E-state index contributed by atoms with van der Waals surface area (Å²) in [7, 11) is 1.89. The van der Waals surface area contributed by atoms with Gasteiger partial charge in [-0.3, -0.25) is 14.5 Å². The molecule has 0 atom stereocenters. The van der Waals surface area contributed by atoms with Crippen molar-refractivity contribution in [2.45, 2.75) is 0 Å². The normalized spacial score (nSPS) is 13.3. The molecule has 0 saturated heterocycles. The summed E-state index contributed by atoms with van der Waals surface area (Å²) in [5.41, 5.74) is 0. The van der Waals surface area contributed by atoms with E-state index >= 15 is 0 Å². The number of rotatable bonds is 30. The van der Waals surface area contributed by atoms with Crippen molar-refractivity contribution in [3.8, 4) is 0 Å². The number of imide groups is 1. The van der Waals surface area contributed by atoms with Crippen LogP contribution in [0.2, 0.25) is 0 Å². The Kier molecular flexibility index (Phi) is 24.6. The van der Waals surface area contributed by atoms with E-state index in [1.165, 1.54) is 12.2 Å². The minimum Gasteiger partial charge on any atom is -0.378 e. The summed E-state index contributed by atoms with van der Waals surface area (Å²) in [4.78, 5) is 23.9. The van der Waals surface area contributed by atoms with E-state index in [1.807, 2.05) is 7.05 Å². The second kappa shape index (κ2) is 27.1. The number of nitrogens with zero attached hydrogens (tertiary/aromatic N) is 1. The second-order valence-electron chi connectivity index (χ2n) is 7.78. The first-order chi connectivity index (χ1) is 18.8. The zero-order chi connectivity index (χ0) is 27.4. The monoisotopic (exact) mass is 550 g/mol. The van der Waals surface area contributed by atoms with E-state index < -0.39 is 0 Å². The van der Waals surface area contributed by atoms with Crippen molar-refractivity contribution in [1.82, 2.24) is 10.2 Å². The third kappa shape index (κ3) is 21.4. The summed E-state index contributed by atoms with van der Waals surface area (Å²) in [6.07, 6.45) is 2.51. The number of amides is 2. The molecule has 1 aliphatic rings. The molecule has 13 nitrogen and oxygen atoms in total. The number of ether oxygens (including phenoxy) is 9. The van der Waals surface area contributed by atoms with Crippen LogP contribution in [0.25, 0.3) is 0 Å². The van der Waals surface area contributed by atoms with Crippen LogP contribution >= 0.6 is 0 Å². The van der Waals surface area contributed by atoms with Crippen LogP contribution in [0.3, 0.4) is 0 Å². The molecule has 2 amide bonds. The van der Waals surface area contributed by atoms with Crippen LogP contribution in [0, 0.1) is 0 Å². The average Bonchev–Trinajstić information content (AvgIpc) is 3.24. The largest absolute Gasteiger partial charge is 0.378 e. The van der Waals surface area contributed by atoms with E-state index in [0.717, 1.165) is 11.4 Å². The molecule has 1 heterocycles. The molecule has 13 heteroatoms. The zero-order valence-electron chi connectivity index (χ0n) is 22.7. The molecule has 1 N–H and O–H groups in total. The first-order valence-electron chi connectivity index (χ1n) is 13.1. The quantitative estimate of drug-likeness (QED) is 0.0894. The third-order valence-electron chi connectivity index (χ3n) is 4.83. The topological polar surface area (TPSA) is 132 Å². The lowest BCUT2D eigenvalue weighted by molar-refractivity contribution is -0.137. The molecule has 38 heavy (non-hydrogen) atoms. The zero-order valence-corrected chi connectivity index (χ0v) is 22.7. The Hall–Kier alpha value is -1.52. The molecule has 0 aliphatic carbocycles. The number of carbonyl (C=O) groups is 2. The molecule has 0 spiro atoms. The lowest BCUT2D eigenvalue weighted by Gasteiger charge is -2.13. The first-order valence-corrected chi connectivity index (χ1v) is 13.1. The van der Waals surface area contributed by atoms with Crippen molar-refractivity contribution < 1.29 is 52.2 Å². The summed E-state index contributed by atoms with van der Waals surface area (Å²) < 4.78 is 48.7. The molecular weight excluding hydrogens is 504 g/mol. The van der Waals surface area contributed by atoms with Crippen LogP contribution < -0.4 is 5.32 Å². The van der Waals surface area contributed by atoms with Crippen molar-refractivity contribution in [3.05, 3.63) is 12.2 Å². The lowest BCUT2D eigenvalue weighted by Crippen LogP contribution is -2.33. The maximum atomic E-state index is 11.4. The Morgan fingerprint density at radius 2 is 0.737 bits per heavy atom. The van der Waals surface area contributed by atoms with Gasteiger partial charge in [-0.25, -0.2) is 0 Å². The van der Waals surface area contributed by atoms with Gasteiger partial charge < -0.3 is 47.9 Å². The summed E-state index contributed by atoms with van der Waals surface area (Å²) in [6.45, 7) is 10.00. The Bertz CT molecular complexity index is 578. The number of hydrogen-bond acceptors (Lipinski definition) is 12. The van der Waals surface area contributed by atoms with Gasteiger partial charge in [0, 0.05) is 18.7 Å². The van der Waals surface area contributed by atoms with Gasteiger partial charge in [0.15, 0.2) is 0 Å². The first kappa shape index (κ1) is 34.5. The van der Waals surface area contributed by atoms with Gasteiger partial charge in [0.2, 0.25) is 0 Å². The Morgan fingerprint density at radius 1 is 0.474 bits per heavy atom. The third-order valence-corrected chi connectivity index (χ3v) is 4.83. The number of carbonyl (C=O) groups excluding carboxylic acids is 2. The molecule has 0 unspecified atom stereocenters. The highest BCUT2D eigenvalue weighted by atomic mass is 16.6. The average molecular weight is 551 g/mol. The highest BCUT2D eigenvalue weighted by molar-refractivity contribution is 6.12. The number of nitrogens with one attached hydrogen (secondary N) is 1. The standard InChI is InChI=1S/C25H46N2O11/c1-26-4-6-30-8-10-32-12-14-34-16-18-36-20-22-38-23-21-37-19-17-35-15-13-33-11-9-31-7-5-27-24(28)2-3-25(27)29/h2-3,26H,4-23H2,1H3. The molecule has 0 radical (unpaired) electrons. The van der Waals surface area contributed by atoms with Crippen LogP contribution in [0.1, 0.15) is 0 Å². The van der Waals surface area contributed by atoms with E-state index in [4.69, 9.17) is 42.6 Å². The van der Waals surface area contributed by atoms with E-state index in [0.29, 0.717) is 112 Å². The molecule has 222 valence electrons. The lowest BCUT2D eigenvalue weighted by atomic mass is 10.5. The fraction of sp³-hybridized carbons (Fsp3) is 0.840. The van der Waals surface area contributed by atoms with Gasteiger partial charge >= 0.3 is 0 Å². The number of hydrogen-bond donors (Lipinski definition) is 1. The van der Waals surface area contributed by atoms with Gasteiger partial charge in [-0.05, 0) is 7.05 Å². The van der Waals surface area contributed by atoms with Crippen molar-refractivity contribution in [2.75, 3.05) is 139 Å². The van der Waals surface area contributed by atoms with Crippen molar-refractivity contribution in [3.63, 3.8) is 0 Å². The minimum absolute atomic E-state index is 0.244. The van der Waals surface area contributed by atoms with Gasteiger partial charge in [-0.2, -0.15) is 0 Å². The molecule has 0 aromatic heterocycles. The van der Waals surface area contributed by atoms with Crippen molar-refractivity contribution in [1.29, 1.82) is 0 Å².